The average Bonchev–Trinajstić information content (AvgIpc) is 4.20. The van der Waals surface area contributed by atoms with E-state index in [4.69, 9.17) is 24.2 Å². The van der Waals surface area contributed by atoms with Crippen molar-refractivity contribution in [2.45, 2.75) is 56.8 Å². The molecule has 65 heavy (non-hydrogen) atoms. The van der Waals surface area contributed by atoms with Crippen LogP contribution in [-0.2, 0) is 23.8 Å². The van der Waals surface area contributed by atoms with Crippen LogP contribution in [0.2, 0.25) is 0 Å². The zero-order chi connectivity index (χ0) is 45.5. The van der Waals surface area contributed by atoms with Gasteiger partial charge < -0.3 is 44.6 Å². The fraction of sp³-hybridized carbons (Fsp3) is 0.286. The minimum atomic E-state index is -0.986. The molecule has 4 aromatic carbocycles. The number of nitrogens with one attached hydrogen (secondary N) is 4. The quantitative estimate of drug-likeness (QED) is 0.0655. The van der Waals surface area contributed by atoms with Crippen LogP contribution in [0.1, 0.15) is 90.0 Å². The lowest BCUT2D eigenvalue weighted by molar-refractivity contribution is -0.135. The van der Waals surface area contributed by atoms with Gasteiger partial charge in [-0.15, -0.1) is 0 Å². The van der Waals surface area contributed by atoms with Crippen LogP contribution in [0.3, 0.4) is 0 Å². The number of aromatic nitrogens is 4. The number of carbonyl (C=O) groups is 5. The molecule has 0 spiro atoms. The standard InChI is InChI=1S/C49H50N8O8/c1-4-65-47(60)42-39(52-44(53-42)38-18-12-28-57(38)46(59)41(55-49(62)64-3)34-15-9-6-10-16-34)35-25-21-31(22-26-35)30-19-23-32(24-20-30)36-29-50-43(51-36)37-17-11-27-56(37)45(58)40(54-48(61)63-2)33-13-7-5-8-14-33/h5-10,13-16,19-26,29,37-38,40-41H,4,11-12,17-18,27-28H2,1-3H3,(H,50,51)(H,52,53)(H,54,61)(H,55,62)/t37-,38-,40+,41+/m0/s1. The average molecular weight is 879 g/mol. The fourth-order valence-electron chi connectivity index (χ4n) is 8.61. The number of rotatable bonds is 13. The highest BCUT2D eigenvalue weighted by atomic mass is 16.5. The predicted octanol–water partition coefficient (Wildman–Crippen LogP) is 7.83. The molecule has 4 N–H and O–H groups in total. The molecule has 16 nitrogen and oxygen atoms in total. The van der Waals surface area contributed by atoms with Crippen LogP contribution in [0.5, 0.6) is 0 Å². The first-order valence-corrected chi connectivity index (χ1v) is 21.6. The monoisotopic (exact) mass is 878 g/mol. The third-order valence-corrected chi connectivity index (χ3v) is 11.8. The lowest BCUT2D eigenvalue weighted by Gasteiger charge is -2.28. The number of carbonyl (C=O) groups excluding carboxylic acids is 5. The maximum absolute atomic E-state index is 14.1. The second kappa shape index (κ2) is 19.7. The van der Waals surface area contributed by atoms with E-state index in [1.54, 1.807) is 59.3 Å². The molecule has 2 aromatic heterocycles. The Bertz CT molecular complexity index is 2630. The number of H-pyrrole nitrogens is 2. The van der Waals surface area contributed by atoms with Gasteiger partial charge in [-0.2, -0.15) is 0 Å². The topological polar surface area (TPSA) is 201 Å². The second-order valence-corrected chi connectivity index (χ2v) is 15.7. The van der Waals surface area contributed by atoms with Crippen LogP contribution >= 0.6 is 0 Å². The molecule has 0 saturated carbocycles. The Balaban J connectivity index is 0.988. The fourth-order valence-corrected chi connectivity index (χ4v) is 8.61. The van der Waals surface area contributed by atoms with E-state index in [9.17, 15) is 24.0 Å². The van der Waals surface area contributed by atoms with Crippen LogP contribution in [0, 0.1) is 0 Å². The maximum atomic E-state index is 14.1. The summed E-state index contributed by atoms with van der Waals surface area (Å²) in [6.45, 7) is 2.85. The Morgan fingerprint density at radius 1 is 0.646 bits per heavy atom. The van der Waals surface area contributed by atoms with E-state index in [0.29, 0.717) is 60.0 Å². The molecule has 4 heterocycles. The summed E-state index contributed by atoms with van der Waals surface area (Å²) >= 11 is 0. The predicted molar refractivity (Wildman–Crippen MR) is 240 cm³/mol. The summed E-state index contributed by atoms with van der Waals surface area (Å²) in [5.74, 6) is -0.0350. The van der Waals surface area contributed by atoms with Gasteiger partial charge in [0.15, 0.2) is 5.69 Å². The van der Waals surface area contributed by atoms with Gasteiger partial charge in [0.25, 0.3) is 11.8 Å². The normalized spacial score (nSPS) is 16.7. The number of hydrogen-bond donors (Lipinski definition) is 4. The molecular formula is C49H50N8O8. The SMILES string of the molecule is CCOC(=O)c1nc([C@@H]2CCCN2C(=O)[C@H](NC(=O)OC)c2ccccc2)[nH]c1-c1ccc(-c2ccc(-c3cnc([C@@H]4CCCN4C(=O)[C@H](NC(=O)OC)c4ccccc4)[nH]3)cc2)cc1. The van der Waals surface area contributed by atoms with Crippen molar-refractivity contribution >= 4 is 30.0 Å². The summed E-state index contributed by atoms with van der Waals surface area (Å²) in [6, 6.07) is 31.2. The molecular weight excluding hydrogens is 829 g/mol. The first kappa shape index (κ1) is 43.9. The molecule has 0 bridgehead atoms. The van der Waals surface area contributed by atoms with Crippen molar-refractivity contribution in [2.75, 3.05) is 33.9 Å². The number of amides is 4. The summed E-state index contributed by atoms with van der Waals surface area (Å²) < 4.78 is 15.1. The number of ether oxygens (including phenoxy) is 3. The van der Waals surface area contributed by atoms with Gasteiger partial charge in [-0.1, -0.05) is 109 Å². The first-order valence-electron chi connectivity index (χ1n) is 21.6. The molecule has 2 aliphatic rings. The minimum absolute atomic E-state index is 0.114. The smallest absolute Gasteiger partial charge is 0.407 e. The van der Waals surface area contributed by atoms with Gasteiger partial charge in [-0.05, 0) is 60.4 Å². The van der Waals surface area contributed by atoms with Crippen molar-refractivity contribution < 1.29 is 38.2 Å². The van der Waals surface area contributed by atoms with E-state index >= 15 is 0 Å². The number of imidazole rings is 2. The van der Waals surface area contributed by atoms with Crippen molar-refractivity contribution in [1.29, 1.82) is 0 Å². The number of hydrogen-bond acceptors (Lipinski definition) is 10. The number of likely N-dealkylation sites (tertiary alicyclic amines) is 2. The molecule has 16 heteroatoms. The number of alkyl carbamates (subject to hydrolysis) is 2. The summed E-state index contributed by atoms with van der Waals surface area (Å²) in [5.41, 5.74) is 6.17. The molecule has 4 atom stereocenters. The Labute approximate surface area is 375 Å². The highest BCUT2D eigenvalue weighted by Crippen LogP contribution is 2.37. The van der Waals surface area contributed by atoms with Crippen molar-refractivity contribution in [3.05, 3.63) is 144 Å². The number of benzene rings is 4. The largest absolute Gasteiger partial charge is 0.461 e. The van der Waals surface area contributed by atoms with E-state index in [1.807, 2.05) is 72.8 Å². The van der Waals surface area contributed by atoms with Crippen molar-refractivity contribution in [1.82, 2.24) is 40.4 Å². The van der Waals surface area contributed by atoms with Gasteiger partial charge in [0, 0.05) is 18.7 Å². The molecule has 4 amide bonds. The van der Waals surface area contributed by atoms with Gasteiger partial charge in [-0.3, -0.25) is 9.59 Å². The summed E-state index contributed by atoms with van der Waals surface area (Å²) in [5, 5.41) is 5.39. The minimum Gasteiger partial charge on any atom is -0.461 e. The third-order valence-electron chi connectivity index (χ3n) is 11.8. The van der Waals surface area contributed by atoms with E-state index in [0.717, 1.165) is 35.2 Å². The summed E-state index contributed by atoms with van der Waals surface area (Å²) in [4.78, 5) is 85.7. The van der Waals surface area contributed by atoms with E-state index in [1.165, 1.54) is 14.2 Å². The number of methoxy groups -OCH3 is 2. The number of esters is 1. The van der Waals surface area contributed by atoms with E-state index < -0.39 is 36.3 Å². The van der Waals surface area contributed by atoms with Gasteiger partial charge in [0.1, 0.15) is 23.7 Å². The molecule has 6 aromatic rings. The first-order chi connectivity index (χ1) is 31.7. The Hall–Kier alpha value is -7.75. The molecule has 0 unspecified atom stereocenters. The lowest BCUT2D eigenvalue weighted by atomic mass is 10.0. The molecule has 0 radical (unpaired) electrons. The Morgan fingerprint density at radius 3 is 1.62 bits per heavy atom. The third kappa shape index (κ3) is 9.47. The highest BCUT2D eigenvalue weighted by molar-refractivity contribution is 5.95. The van der Waals surface area contributed by atoms with Crippen molar-refractivity contribution in [2.24, 2.45) is 0 Å². The Morgan fingerprint density at radius 2 is 1.12 bits per heavy atom. The molecule has 8 rings (SSSR count). The maximum Gasteiger partial charge on any atom is 0.407 e. The summed E-state index contributed by atoms with van der Waals surface area (Å²) in [6.07, 6.45) is 3.15. The van der Waals surface area contributed by atoms with Crippen LogP contribution in [0.4, 0.5) is 9.59 Å². The van der Waals surface area contributed by atoms with Crippen molar-refractivity contribution in [3.63, 3.8) is 0 Å². The lowest BCUT2D eigenvalue weighted by Crippen LogP contribution is -2.42. The summed E-state index contributed by atoms with van der Waals surface area (Å²) in [7, 11) is 2.52. The van der Waals surface area contributed by atoms with E-state index in [-0.39, 0.29) is 30.2 Å². The van der Waals surface area contributed by atoms with Gasteiger partial charge >= 0.3 is 18.2 Å². The van der Waals surface area contributed by atoms with Crippen LogP contribution in [0.15, 0.2) is 115 Å². The number of nitrogens with zero attached hydrogens (tertiary/aromatic N) is 4. The van der Waals surface area contributed by atoms with Crippen LogP contribution < -0.4 is 10.6 Å². The van der Waals surface area contributed by atoms with Crippen molar-refractivity contribution in [3.8, 4) is 33.6 Å². The zero-order valence-electron chi connectivity index (χ0n) is 36.3. The molecule has 2 saturated heterocycles. The van der Waals surface area contributed by atoms with E-state index in [2.05, 4.69) is 20.6 Å². The van der Waals surface area contributed by atoms with Crippen LogP contribution in [0.25, 0.3) is 33.6 Å². The molecule has 2 fully saturated rings. The molecule has 334 valence electrons. The Kier molecular flexibility index (Phi) is 13.3. The molecule has 2 aliphatic heterocycles. The zero-order valence-corrected chi connectivity index (χ0v) is 36.3. The van der Waals surface area contributed by atoms with Gasteiger partial charge in [0.2, 0.25) is 0 Å². The second-order valence-electron chi connectivity index (χ2n) is 15.7. The highest BCUT2D eigenvalue weighted by Gasteiger charge is 2.39. The van der Waals surface area contributed by atoms with Crippen LogP contribution in [-0.4, -0.2) is 93.6 Å². The number of aromatic amines is 2. The van der Waals surface area contributed by atoms with Gasteiger partial charge in [0.05, 0.1) is 50.5 Å². The molecule has 0 aliphatic carbocycles. The van der Waals surface area contributed by atoms with Gasteiger partial charge in [-0.25, -0.2) is 24.4 Å².